The van der Waals surface area contributed by atoms with E-state index in [4.69, 9.17) is 21.1 Å². The first-order chi connectivity index (χ1) is 13.6. The lowest BCUT2D eigenvalue weighted by molar-refractivity contribution is 0.0669. The number of hydrogen-bond acceptors (Lipinski definition) is 4. The zero-order valence-corrected chi connectivity index (χ0v) is 17.4. The molecule has 0 N–H and O–H groups in total. The van der Waals surface area contributed by atoms with Crippen molar-refractivity contribution in [3.05, 3.63) is 52.8 Å². The van der Waals surface area contributed by atoms with Crippen LogP contribution in [0.3, 0.4) is 0 Å². The molecule has 28 heavy (non-hydrogen) atoms. The molecule has 3 rings (SSSR count). The smallest absolute Gasteiger partial charge is 0.254 e. The third-order valence-corrected chi connectivity index (χ3v) is 5.00. The van der Waals surface area contributed by atoms with Gasteiger partial charge in [0.05, 0.1) is 30.0 Å². The molecule has 1 aliphatic rings. The van der Waals surface area contributed by atoms with Crippen molar-refractivity contribution in [1.29, 1.82) is 0 Å². The summed E-state index contributed by atoms with van der Waals surface area (Å²) in [5.74, 6) is 0.941. The monoisotopic (exact) mass is 402 g/mol. The zero-order chi connectivity index (χ0) is 20.1. The van der Waals surface area contributed by atoms with E-state index < -0.39 is 0 Å². The highest BCUT2D eigenvalue weighted by atomic mass is 35.5. The Hall–Kier alpha value is -2.27. The molecule has 5 nitrogen and oxygen atoms in total. The molecule has 1 aliphatic carbocycles. The summed E-state index contributed by atoms with van der Waals surface area (Å²) in [6.45, 7) is 6.94. The maximum atomic E-state index is 13.4. The Morgan fingerprint density at radius 2 is 2.07 bits per heavy atom. The topological polar surface area (TPSA) is 51.7 Å². The van der Waals surface area contributed by atoms with Crippen molar-refractivity contribution < 1.29 is 14.3 Å². The summed E-state index contributed by atoms with van der Waals surface area (Å²) in [7, 11) is 0. The number of hydrogen-bond donors (Lipinski definition) is 0. The third-order valence-electron chi connectivity index (χ3n) is 4.71. The average Bonchev–Trinajstić information content (AvgIpc) is 3.53. The Kier molecular flexibility index (Phi) is 6.79. The molecule has 1 atom stereocenters. The van der Waals surface area contributed by atoms with Gasteiger partial charge in [0.2, 0.25) is 0 Å². The minimum Gasteiger partial charge on any atom is -0.490 e. The predicted octanol–water partition coefficient (Wildman–Crippen LogP) is 5.29. The number of nitrogens with zero attached hydrogens (tertiary/aromatic N) is 2. The maximum absolute atomic E-state index is 13.4. The molecule has 1 unspecified atom stereocenters. The van der Waals surface area contributed by atoms with Crippen LogP contribution in [-0.2, 0) is 0 Å². The van der Waals surface area contributed by atoms with E-state index in [2.05, 4.69) is 4.98 Å². The quantitative estimate of drug-likeness (QED) is 0.572. The predicted molar refractivity (Wildman–Crippen MR) is 110 cm³/mol. The number of halogens is 1. The number of ether oxygens (including phenoxy) is 2. The molecule has 0 radical (unpaired) electrons. The van der Waals surface area contributed by atoms with Crippen LogP contribution >= 0.6 is 11.6 Å². The molecule has 0 saturated heterocycles. The first kappa shape index (κ1) is 20.5. The van der Waals surface area contributed by atoms with Crippen LogP contribution in [0.2, 0.25) is 5.02 Å². The van der Waals surface area contributed by atoms with Crippen LogP contribution in [0.4, 0.5) is 0 Å². The number of aromatic nitrogens is 1. The van der Waals surface area contributed by atoms with E-state index in [0.29, 0.717) is 35.3 Å². The van der Waals surface area contributed by atoms with Crippen molar-refractivity contribution in [1.82, 2.24) is 9.88 Å². The van der Waals surface area contributed by atoms with Crippen LogP contribution in [0.1, 0.15) is 62.1 Å². The van der Waals surface area contributed by atoms with E-state index in [9.17, 15) is 4.79 Å². The summed E-state index contributed by atoms with van der Waals surface area (Å²) in [6, 6.07) is 9.30. The fourth-order valence-electron chi connectivity index (χ4n) is 3.22. The van der Waals surface area contributed by atoms with Crippen molar-refractivity contribution in [2.75, 3.05) is 13.2 Å². The van der Waals surface area contributed by atoms with E-state index in [-0.39, 0.29) is 18.0 Å². The summed E-state index contributed by atoms with van der Waals surface area (Å²) in [4.78, 5) is 19.8. The van der Waals surface area contributed by atoms with Gasteiger partial charge in [-0.25, -0.2) is 0 Å². The van der Waals surface area contributed by atoms with Crippen LogP contribution in [0.25, 0.3) is 0 Å². The Bertz CT molecular complexity index is 809. The molecule has 0 bridgehead atoms. The van der Waals surface area contributed by atoms with Gasteiger partial charge in [0.15, 0.2) is 11.5 Å². The van der Waals surface area contributed by atoms with Crippen molar-refractivity contribution in [3.8, 4) is 11.5 Å². The highest BCUT2D eigenvalue weighted by molar-refractivity contribution is 6.32. The van der Waals surface area contributed by atoms with E-state index in [1.165, 1.54) is 0 Å². The second kappa shape index (κ2) is 9.28. The fourth-order valence-corrected chi connectivity index (χ4v) is 3.49. The highest BCUT2D eigenvalue weighted by Gasteiger charge is 2.37. The summed E-state index contributed by atoms with van der Waals surface area (Å²) >= 11 is 6.46. The van der Waals surface area contributed by atoms with Crippen LogP contribution in [0.15, 0.2) is 36.5 Å². The standard InChI is InChI=1S/C22H27ClN2O3/c1-4-12-28-21-18(23)13-16(14-20(21)27-5-2)22(26)25(17-9-10-17)15(3)19-8-6-7-11-24-19/h6-8,11,13-15,17H,4-5,9-10,12H2,1-3H3. The fraction of sp³-hybridized carbons (Fsp3) is 0.455. The van der Waals surface area contributed by atoms with Crippen molar-refractivity contribution in [3.63, 3.8) is 0 Å². The first-order valence-electron chi connectivity index (χ1n) is 9.89. The lowest BCUT2D eigenvalue weighted by atomic mass is 10.1. The van der Waals surface area contributed by atoms with Crippen LogP contribution in [0, 0.1) is 0 Å². The van der Waals surface area contributed by atoms with Gasteiger partial charge in [-0.1, -0.05) is 24.6 Å². The van der Waals surface area contributed by atoms with Crippen molar-refractivity contribution in [2.45, 2.75) is 52.1 Å². The molecule has 6 heteroatoms. The molecule has 0 spiro atoms. The molecule has 1 aromatic carbocycles. The molecule has 150 valence electrons. The molecule has 1 aromatic heterocycles. The van der Waals surface area contributed by atoms with Gasteiger partial charge >= 0.3 is 0 Å². The second-order valence-corrected chi connectivity index (χ2v) is 7.35. The number of pyridine rings is 1. The lowest BCUT2D eigenvalue weighted by Gasteiger charge is -2.29. The minimum absolute atomic E-state index is 0.0643. The van der Waals surface area contributed by atoms with Gasteiger partial charge in [0.1, 0.15) is 0 Å². The average molecular weight is 403 g/mol. The number of benzene rings is 1. The Labute approximate surface area is 171 Å². The van der Waals surface area contributed by atoms with Gasteiger partial charge in [-0.05, 0) is 57.4 Å². The zero-order valence-electron chi connectivity index (χ0n) is 16.7. The summed E-state index contributed by atoms with van der Waals surface area (Å²) in [5.41, 5.74) is 1.38. The van der Waals surface area contributed by atoms with Crippen LogP contribution in [-0.4, -0.2) is 35.0 Å². The largest absolute Gasteiger partial charge is 0.490 e. The van der Waals surface area contributed by atoms with Crippen LogP contribution < -0.4 is 9.47 Å². The van der Waals surface area contributed by atoms with Crippen LogP contribution in [0.5, 0.6) is 11.5 Å². The van der Waals surface area contributed by atoms with Gasteiger partial charge in [-0.15, -0.1) is 0 Å². The number of carbonyl (C=O) groups excluding carboxylic acids is 1. The molecule has 2 aromatic rings. The second-order valence-electron chi connectivity index (χ2n) is 6.94. The van der Waals surface area contributed by atoms with Gasteiger partial charge < -0.3 is 14.4 Å². The first-order valence-corrected chi connectivity index (χ1v) is 10.3. The van der Waals surface area contributed by atoms with Crippen molar-refractivity contribution in [2.24, 2.45) is 0 Å². The molecule has 0 aliphatic heterocycles. The van der Waals surface area contributed by atoms with Crippen molar-refractivity contribution >= 4 is 17.5 Å². The normalized spacial score (nSPS) is 14.4. The molecule has 1 amide bonds. The Morgan fingerprint density at radius 1 is 1.29 bits per heavy atom. The van der Waals surface area contributed by atoms with E-state index in [1.807, 2.05) is 43.9 Å². The van der Waals surface area contributed by atoms with Gasteiger partial charge in [-0.3, -0.25) is 9.78 Å². The molecule has 1 heterocycles. The molecular formula is C22H27ClN2O3. The number of amides is 1. The molecular weight excluding hydrogens is 376 g/mol. The van der Waals surface area contributed by atoms with Gasteiger partial charge in [-0.2, -0.15) is 0 Å². The molecule has 1 saturated carbocycles. The number of rotatable bonds is 9. The minimum atomic E-state index is -0.119. The highest BCUT2D eigenvalue weighted by Crippen LogP contribution is 2.40. The maximum Gasteiger partial charge on any atom is 0.254 e. The van der Waals surface area contributed by atoms with Gasteiger partial charge in [0, 0.05) is 17.8 Å². The van der Waals surface area contributed by atoms with E-state index in [0.717, 1.165) is 25.0 Å². The summed E-state index contributed by atoms with van der Waals surface area (Å²) in [6.07, 6.45) is 4.63. The Morgan fingerprint density at radius 3 is 2.68 bits per heavy atom. The Balaban J connectivity index is 1.93. The summed E-state index contributed by atoms with van der Waals surface area (Å²) < 4.78 is 11.5. The van der Waals surface area contributed by atoms with Gasteiger partial charge in [0.25, 0.3) is 5.91 Å². The third kappa shape index (κ3) is 4.58. The SMILES string of the molecule is CCCOc1c(Cl)cc(C(=O)N(C2CC2)C(C)c2ccccn2)cc1OCC. The lowest BCUT2D eigenvalue weighted by Crippen LogP contribution is -2.36. The van der Waals surface area contributed by atoms with E-state index in [1.54, 1.807) is 18.3 Å². The number of carbonyl (C=O) groups is 1. The van der Waals surface area contributed by atoms with E-state index >= 15 is 0 Å². The summed E-state index contributed by atoms with van der Waals surface area (Å²) in [5, 5.41) is 0.393. The molecule has 1 fully saturated rings.